The Morgan fingerprint density at radius 1 is 1.23 bits per heavy atom. The van der Waals surface area contributed by atoms with Gasteiger partial charge >= 0.3 is 6.18 Å². The molecule has 1 heterocycles. The molecular weight excluding hydrogens is 299 g/mol. The number of halogens is 3. The molecule has 8 heteroatoms. The minimum absolute atomic E-state index is 0.111. The van der Waals surface area contributed by atoms with Gasteiger partial charge in [0.2, 0.25) is 5.88 Å². The first-order valence-corrected chi connectivity index (χ1v) is 6.22. The summed E-state index contributed by atoms with van der Waals surface area (Å²) in [5, 5.41) is 9.53. The highest BCUT2D eigenvalue weighted by atomic mass is 19.4. The Kier molecular flexibility index (Phi) is 4.59. The van der Waals surface area contributed by atoms with Crippen LogP contribution in [0, 0.1) is 0 Å². The van der Waals surface area contributed by atoms with E-state index in [9.17, 15) is 18.0 Å². The van der Waals surface area contributed by atoms with Crippen LogP contribution in [0.1, 0.15) is 10.4 Å². The predicted molar refractivity (Wildman–Crippen MR) is 72.4 cm³/mol. The van der Waals surface area contributed by atoms with Crippen molar-refractivity contribution in [2.45, 2.75) is 6.18 Å². The van der Waals surface area contributed by atoms with E-state index in [1.807, 2.05) is 5.32 Å². The Bertz CT molecular complexity index is 657. The van der Waals surface area contributed by atoms with Crippen LogP contribution < -0.4 is 10.1 Å². The number of hydrogen-bond acceptors (Lipinski definition) is 4. The maximum atomic E-state index is 12.1. The Morgan fingerprint density at radius 2 is 2.00 bits per heavy atom. The molecule has 0 atom stereocenters. The summed E-state index contributed by atoms with van der Waals surface area (Å²) in [6.45, 7) is -1.38. The van der Waals surface area contributed by atoms with Crippen molar-refractivity contribution in [3.05, 3.63) is 42.0 Å². The molecule has 1 N–H and O–H groups in total. The van der Waals surface area contributed by atoms with Gasteiger partial charge in [0, 0.05) is 17.2 Å². The van der Waals surface area contributed by atoms with Gasteiger partial charge in [-0.1, -0.05) is 12.1 Å². The molecule has 1 aromatic heterocycles. The van der Waals surface area contributed by atoms with Gasteiger partial charge in [-0.15, -0.1) is 10.2 Å². The van der Waals surface area contributed by atoms with Gasteiger partial charge in [-0.25, -0.2) is 0 Å². The monoisotopic (exact) mass is 311 g/mol. The fraction of sp³-hybridized carbons (Fsp3) is 0.214. The second kappa shape index (κ2) is 6.42. The lowest BCUT2D eigenvalue weighted by Gasteiger charge is -2.09. The number of nitrogens with zero attached hydrogens (tertiary/aromatic N) is 2. The van der Waals surface area contributed by atoms with E-state index in [0.29, 0.717) is 17.1 Å². The molecule has 0 saturated carbocycles. The van der Waals surface area contributed by atoms with Crippen LogP contribution in [0.5, 0.6) is 5.88 Å². The third kappa shape index (κ3) is 4.18. The van der Waals surface area contributed by atoms with Gasteiger partial charge in [-0.3, -0.25) is 4.79 Å². The highest BCUT2D eigenvalue weighted by molar-refractivity contribution is 5.95. The van der Waals surface area contributed by atoms with Crippen molar-refractivity contribution in [1.29, 1.82) is 0 Å². The maximum absolute atomic E-state index is 12.1. The Balaban J connectivity index is 2.17. The molecule has 0 saturated heterocycles. The normalized spacial score (nSPS) is 11.1. The smallest absolute Gasteiger partial charge is 0.405 e. The predicted octanol–water partition coefficient (Wildman–Crippen LogP) is 2.44. The van der Waals surface area contributed by atoms with E-state index in [2.05, 4.69) is 10.2 Å². The summed E-state index contributed by atoms with van der Waals surface area (Å²) >= 11 is 0. The molecule has 0 spiro atoms. The van der Waals surface area contributed by atoms with Crippen LogP contribution in [0.2, 0.25) is 0 Å². The Labute approximate surface area is 124 Å². The van der Waals surface area contributed by atoms with Crippen LogP contribution in [-0.4, -0.2) is 35.9 Å². The number of alkyl halides is 3. The Morgan fingerprint density at radius 3 is 2.59 bits per heavy atom. The topological polar surface area (TPSA) is 64.1 Å². The summed E-state index contributed by atoms with van der Waals surface area (Å²) in [6, 6.07) is 9.34. The van der Waals surface area contributed by atoms with Crippen molar-refractivity contribution in [2.75, 3.05) is 13.7 Å². The van der Waals surface area contributed by atoms with Crippen LogP contribution in [0.3, 0.4) is 0 Å². The minimum atomic E-state index is -4.45. The number of nitrogens with one attached hydrogen (secondary N) is 1. The number of carbonyl (C=O) groups is 1. The summed E-state index contributed by atoms with van der Waals surface area (Å²) in [5.74, 6) is -0.469. The lowest BCUT2D eigenvalue weighted by atomic mass is 10.1. The number of amides is 1. The molecule has 116 valence electrons. The number of benzene rings is 1. The molecule has 1 aromatic carbocycles. The molecule has 0 aliphatic rings. The largest absolute Gasteiger partial charge is 0.480 e. The van der Waals surface area contributed by atoms with E-state index in [4.69, 9.17) is 4.74 Å². The molecular formula is C14H12F3N3O2. The van der Waals surface area contributed by atoms with Crippen molar-refractivity contribution in [3.63, 3.8) is 0 Å². The highest BCUT2D eigenvalue weighted by Gasteiger charge is 2.27. The van der Waals surface area contributed by atoms with E-state index >= 15 is 0 Å². The molecule has 5 nitrogen and oxygen atoms in total. The summed E-state index contributed by atoms with van der Waals surface area (Å²) < 4.78 is 41.2. The third-order valence-electron chi connectivity index (χ3n) is 2.72. The minimum Gasteiger partial charge on any atom is -0.480 e. The fourth-order valence-corrected chi connectivity index (χ4v) is 1.69. The molecule has 2 rings (SSSR count). The van der Waals surface area contributed by atoms with Crippen LogP contribution in [-0.2, 0) is 0 Å². The van der Waals surface area contributed by atoms with Crippen LogP contribution >= 0.6 is 0 Å². The lowest BCUT2D eigenvalue weighted by Crippen LogP contribution is -2.33. The quantitative estimate of drug-likeness (QED) is 0.942. The highest BCUT2D eigenvalue weighted by Crippen LogP contribution is 2.19. The second-order valence-corrected chi connectivity index (χ2v) is 4.34. The van der Waals surface area contributed by atoms with E-state index in [1.54, 1.807) is 24.3 Å². The molecule has 0 aliphatic heterocycles. The van der Waals surface area contributed by atoms with Crippen LogP contribution in [0.15, 0.2) is 36.4 Å². The first kappa shape index (κ1) is 15.7. The standard InChI is InChI=1S/C14H12F3N3O2/c1-22-12-6-5-11(19-20-12)9-3-2-4-10(7-9)13(21)18-8-14(15,16)17/h2-7H,8H2,1H3,(H,18,21). The number of rotatable bonds is 4. The van der Waals surface area contributed by atoms with E-state index in [0.717, 1.165) is 0 Å². The average Bonchev–Trinajstić information content (AvgIpc) is 2.52. The molecule has 1 amide bonds. The summed E-state index contributed by atoms with van der Waals surface area (Å²) in [5.41, 5.74) is 1.15. The van der Waals surface area contributed by atoms with Gasteiger partial charge in [0.1, 0.15) is 6.54 Å². The van der Waals surface area contributed by atoms with Gasteiger partial charge in [-0.2, -0.15) is 13.2 Å². The summed E-state index contributed by atoms with van der Waals surface area (Å²) in [6.07, 6.45) is -4.45. The first-order chi connectivity index (χ1) is 10.4. The van der Waals surface area contributed by atoms with Gasteiger partial charge in [-0.05, 0) is 18.2 Å². The van der Waals surface area contributed by atoms with E-state index in [1.165, 1.54) is 19.2 Å². The number of aromatic nitrogens is 2. The number of ether oxygens (including phenoxy) is 1. The third-order valence-corrected chi connectivity index (χ3v) is 2.72. The molecule has 2 aromatic rings. The first-order valence-electron chi connectivity index (χ1n) is 6.22. The second-order valence-electron chi connectivity index (χ2n) is 4.34. The SMILES string of the molecule is COc1ccc(-c2cccc(C(=O)NCC(F)(F)F)c2)nn1. The lowest BCUT2D eigenvalue weighted by molar-refractivity contribution is -0.123. The van der Waals surface area contributed by atoms with Gasteiger partial charge < -0.3 is 10.1 Å². The molecule has 0 fully saturated rings. The van der Waals surface area contributed by atoms with Crippen molar-refractivity contribution in [2.24, 2.45) is 0 Å². The maximum Gasteiger partial charge on any atom is 0.405 e. The van der Waals surface area contributed by atoms with Gasteiger partial charge in [0.15, 0.2) is 0 Å². The molecule has 0 aliphatic carbocycles. The molecule has 0 bridgehead atoms. The number of hydrogen-bond donors (Lipinski definition) is 1. The van der Waals surface area contributed by atoms with Crippen molar-refractivity contribution < 1.29 is 22.7 Å². The number of carbonyl (C=O) groups excluding carboxylic acids is 1. The van der Waals surface area contributed by atoms with Gasteiger partial charge in [0.25, 0.3) is 5.91 Å². The zero-order chi connectivity index (χ0) is 16.2. The van der Waals surface area contributed by atoms with Crippen molar-refractivity contribution >= 4 is 5.91 Å². The van der Waals surface area contributed by atoms with Crippen molar-refractivity contribution in [1.82, 2.24) is 15.5 Å². The molecule has 22 heavy (non-hydrogen) atoms. The fourth-order valence-electron chi connectivity index (χ4n) is 1.69. The zero-order valence-electron chi connectivity index (χ0n) is 11.5. The number of methoxy groups -OCH3 is 1. The van der Waals surface area contributed by atoms with Crippen LogP contribution in [0.25, 0.3) is 11.3 Å². The van der Waals surface area contributed by atoms with Crippen LogP contribution in [0.4, 0.5) is 13.2 Å². The van der Waals surface area contributed by atoms with E-state index < -0.39 is 18.6 Å². The zero-order valence-corrected chi connectivity index (χ0v) is 11.5. The Hall–Kier alpha value is -2.64. The van der Waals surface area contributed by atoms with Gasteiger partial charge in [0.05, 0.1) is 12.8 Å². The van der Waals surface area contributed by atoms with Crippen molar-refractivity contribution in [3.8, 4) is 17.1 Å². The summed E-state index contributed by atoms with van der Waals surface area (Å²) in [4.78, 5) is 11.7. The average molecular weight is 311 g/mol. The molecule has 0 radical (unpaired) electrons. The summed E-state index contributed by atoms with van der Waals surface area (Å²) in [7, 11) is 1.45. The van der Waals surface area contributed by atoms with E-state index in [-0.39, 0.29) is 5.56 Å². The molecule has 0 unspecified atom stereocenters.